The Morgan fingerprint density at radius 3 is 2.42 bits per heavy atom. The first-order valence-corrected chi connectivity index (χ1v) is 7.43. The molecule has 0 saturated heterocycles. The Kier molecular flexibility index (Phi) is 4.51. The predicted octanol–water partition coefficient (Wildman–Crippen LogP) is 3.75. The van der Waals surface area contributed by atoms with Gasteiger partial charge < -0.3 is 5.32 Å². The van der Waals surface area contributed by atoms with Crippen molar-refractivity contribution >= 4 is 17.5 Å². The van der Waals surface area contributed by atoms with Gasteiger partial charge in [-0.1, -0.05) is 24.1 Å². The highest BCUT2D eigenvalue weighted by Crippen LogP contribution is 2.29. The molecule has 0 aromatic heterocycles. The average Bonchev–Trinajstić information content (AvgIpc) is 2.70. The van der Waals surface area contributed by atoms with E-state index in [9.17, 15) is 4.79 Å². The number of benzene rings is 1. The van der Waals surface area contributed by atoms with Gasteiger partial charge in [-0.25, -0.2) is 0 Å². The van der Waals surface area contributed by atoms with Crippen LogP contribution in [0.25, 0.3) is 0 Å². The first kappa shape index (κ1) is 14.4. The third kappa shape index (κ3) is 3.30. The number of hydrogen-bond donors (Lipinski definition) is 1. The summed E-state index contributed by atoms with van der Waals surface area (Å²) in [6.45, 7) is 6.74. The van der Waals surface area contributed by atoms with Gasteiger partial charge in [0.15, 0.2) is 0 Å². The Hall–Kier alpha value is -1.02. The monoisotopic (exact) mass is 279 g/mol. The lowest BCUT2D eigenvalue weighted by molar-refractivity contribution is 0.0946. The standard InChI is InChI=1S/C16H22ClNO/c1-10-7-11(2)15(12(3)8-10)16(19)18-9-13-5-4-6-14(13)17/h7-8,13-14H,4-6,9H2,1-3H3,(H,18,19). The fourth-order valence-corrected chi connectivity index (χ4v) is 3.44. The molecule has 0 aliphatic heterocycles. The fourth-order valence-electron chi connectivity index (χ4n) is 3.07. The van der Waals surface area contributed by atoms with Crippen LogP contribution in [0.3, 0.4) is 0 Å². The molecule has 2 rings (SSSR count). The zero-order valence-corrected chi connectivity index (χ0v) is 12.7. The molecule has 3 heteroatoms. The van der Waals surface area contributed by atoms with E-state index in [0.29, 0.717) is 12.5 Å². The summed E-state index contributed by atoms with van der Waals surface area (Å²) in [6, 6.07) is 4.11. The normalized spacial score (nSPS) is 22.5. The van der Waals surface area contributed by atoms with Gasteiger partial charge in [0, 0.05) is 17.5 Å². The van der Waals surface area contributed by atoms with E-state index >= 15 is 0 Å². The van der Waals surface area contributed by atoms with Gasteiger partial charge in [0.25, 0.3) is 5.91 Å². The summed E-state index contributed by atoms with van der Waals surface area (Å²) in [5, 5.41) is 3.27. The van der Waals surface area contributed by atoms with Crippen LogP contribution in [0.15, 0.2) is 12.1 Å². The van der Waals surface area contributed by atoms with Crippen LogP contribution in [0.2, 0.25) is 0 Å². The molecule has 1 aliphatic carbocycles. The number of rotatable bonds is 3. The molecule has 2 nitrogen and oxygen atoms in total. The predicted molar refractivity (Wildman–Crippen MR) is 80.0 cm³/mol. The van der Waals surface area contributed by atoms with Gasteiger partial charge in [0.2, 0.25) is 0 Å². The van der Waals surface area contributed by atoms with Crippen LogP contribution < -0.4 is 5.32 Å². The highest BCUT2D eigenvalue weighted by molar-refractivity contribution is 6.21. The summed E-state index contributed by atoms with van der Waals surface area (Å²) in [5.41, 5.74) is 4.10. The van der Waals surface area contributed by atoms with E-state index in [4.69, 9.17) is 11.6 Å². The van der Waals surface area contributed by atoms with E-state index in [-0.39, 0.29) is 11.3 Å². The highest BCUT2D eigenvalue weighted by atomic mass is 35.5. The number of amides is 1. The average molecular weight is 280 g/mol. The maximum Gasteiger partial charge on any atom is 0.251 e. The van der Waals surface area contributed by atoms with Gasteiger partial charge in [-0.2, -0.15) is 0 Å². The topological polar surface area (TPSA) is 29.1 Å². The summed E-state index contributed by atoms with van der Waals surface area (Å²) in [5.74, 6) is 0.461. The maximum atomic E-state index is 12.3. The van der Waals surface area contributed by atoms with E-state index in [0.717, 1.165) is 29.5 Å². The van der Waals surface area contributed by atoms with Crippen molar-refractivity contribution in [3.05, 3.63) is 34.4 Å². The smallest absolute Gasteiger partial charge is 0.251 e. The largest absolute Gasteiger partial charge is 0.352 e. The minimum atomic E-state index is 0.0331. The number of aryl methyl sites for hydroxylation is 3. The van der Waals surface area contributed by atoms with Crippen molar-refractivity contribution in [2.24, 2.45) is 5.92 Å². The molecule has 0 radical (unpaired) electrons. The third-order valence-electron chi connectivity index (χ3n) is 4.00. The van der Waals surface area contributed by atoms with E-state index in [1.54, 1.807) is 0 Å². The summed E-state index contributed by atoms with van der Waals surface area (Å²) in [6.07, 6.45) is 3.38. The molecule has 1 amide bonds. The molecule has 1 aromatic rings. The first-order chi connectivity index (χ1) is 8.99. The van der Waals surface area contributed by atoms with Crippen LogP contribution >= 0.6 is 11.6 Å². The van der Waals surface area contributed by atoms with Crippen molar-refractivity contribution < 1.29 is 4.79 Å². The SMILES string of the molecule is Cc1cc(C)c(C(=O)NCC2CCCC2Cl)c(C)c1. The van der Waals surface area contributed by atoms with Crippen LogP contribution in [-0.4, -0.2) is 17.8 Å². The van der Waals surface area contributed by atoms with E-state index in [1.807, 2.05) is 13.8 Å². The number of alkyl halides is 1. The van der Waals surface area contributed by atoms with Crippen molar-refractivity contribution in [2.75, 3.05) is 6.54 Å². The first-order valence-electron chi connectivity index (χ1n) is 6.99. The van der Waals surface area contributed by atoms with Crippen LogP contribution in [0.1, 0.15) is 46.3 Å². The van der Waals surface area contributed by atoms with Crippen molar-refractivity contribution in [2.45, 2.75) is 45.4 Å². The molecule has 2 atom stereocenters. The molecule has 1 N–H and O–H groups in total. The number of hydrogen-bond acceptors (Lipinski definition) is 1. The Labute approximate surface area is 120 Å². The molecule has 2 unspecified atom stereocenters. The Morgan fingerprint density at radius 1 is 1.26 bits per heavy atom. The zero-order valence-electron chi connectivity index (χ0n) is 11.9. The molecule has 0 heterocycles. The molecular formula is C16H22ClNO. The van der Waals surface area contributed by atoms with Gasteiger partial charge in [0.05, 0.1) is 0 Å². The Morgan fingerprint density at radius 2 is 1.89 bits per heavy atom. The second-order valence-electron chi connectivity index (χ2n) is 5.69. The molecule has 1 fully saturated rings. The molecular weight excluding hydrogens is 258 g/mol. The second-order valence-corrected chi connectivity index (χ2v) is 6.25. The van der Waals surface area contributed by atoms with E-state index in [2.05, 4.69) is 24.4 Å². The Bertz CT molecular complexity index is 461. The van der Waals surface area contributed by atoms with Gasteiger partial charge in [-0.05, 0) is 50.7 Å². The third-order valence-corrected chi connectivity index (χ3v) is 4.57. The number of carbonyl (C=O) groups is 1. The van der Waals surface area contributed by atoms with Crippen LogP contribution in [-0.2, 0) is 0 Å². The van der Waals surface area contributed by atoms with Crippen molar-refractivity contribution in [3.8, 4) is 0 Å². The maximum absolute atomic E-state index is 12.3. The summed E-state index contributed by atoms with van der Waals surface area (Å²) >= 11 is 6.24. The fraction of sp³-hybridized carbons (Fsp3) is 0.562. The van der Waals surface area contributed by atoms with E-state index in [1.165, 1.54) is 12.0 Å². The molecule has 0 bridgehead atoms. The van der Waals surface area contributed by atoms with Crippen molar-refractivity contribution in [3.63, 3.8) is 0 Å². The van der Waals surface area contributed by atoms with Crippen molar-refractivity contribution in [1.82, 2.24) is 5.32 Å². The molecule has 19 heavy (non-hydrogen) atoms. The summed E-state index contributed by atoms with van der Waals surface area (Å²) < 4.78 is 0. The lowest BCUT2D eigenvalue weighted by Crippen LogP contribution is -2.32. The van der Waals surface area contributed by atoms with Crippen LogP contribution in [0, 0.1) is 26.7 Å². The molecule has 0 spiro atoms. The van der Waals surface area contributed by atoms with Gasteiger partial charge in [-0.3, -0.25) is 4.79 Å². The van der Waals surface area contributed by atoms with Crippen molar-refractivity contribution in [1.29, 1.82) is 0 Å². The highest BCUT2D eigenvalue weighted by Gasteiger charge is 2.25. The minimum Gasteiger partial charge on any atom is -0.352 e. The lowest BCUT2D eigenvalue weighted by Gasteiger charge is -2.16. The minimum absolute atomic E-state index is 0.0331. The lowest BCUT2D eigenvalue weighted by atomic mass is 9.99. The quantitative estimate of drug-likeness (QED) is 0.839. The van der Waals surface area contributed by atoms with Gasteiger partial charge in [0.1, 0.15) is 0 Å². The molecule has 1 aliphatic rings. The van der Waals surface area contributed by atoms with Gasteiger partial charge >= 0.3 is 0 Å². The second kappa shape index (κ2) is 5.96. The molecule has 1 saturated carbocycles. The Balaban J connectivity index is 2.04. The van der Waals surface area contributed by atoms with E-state index < -0.39 is 0 Å². The number of halogens is 1. The number of nitrogens with one attached hydrogen (secondary N) is 1. The van der Waals surface area contributed by atoms with Crippen LogP contribution in [0.5, 0.6) is 0 Å². The molecule has 1 aromatic carbocycles. The summed E-state index contributed by atoms with van der Waals surface area (Å²) in [7, 11) is 0. The van der Waals surface area contributed by atoms with Gasteiger partial charge in [-0.15, -0.1) is 11.6 Å². The zero-order chi connectivity index (χ0) is 14.0. The molecule has 104 valence electrons. The number of carbonyl (C=O) groups excluding carboxylic acids is 1. The van der Waals surface area contributed by atoms with Crippen LogP contribution in [0.4, 0.5) is 0 Å². The summed E-state index contributed by atoms with van der Waals surface area (Å²) in [4.78, 5) is 12.3.